The molecule has 0 bridgehead atoms. The minimum absolute atomic E-state index is 0.265. The van der Waals surface area contributed by atoms with Crippen LogP contribution in [0.2, 0.25) is 8.67 Å². The summed E-state index contributed by atoms with van der Waals surface area (Å²) in [4.78, 5) is 21.0. The Morgan fingerprint density at radius 2 is 1.96 bits per heavy atom. The third-order valence-corrected chi connectivity index (χ3v) is 5.82. The number of hydrogen-bond acceptors (Lipinski definition) is 7. The molecule has 0 saturated heterocycles. The smallest absolute Gasteiger partial charge is 0.257 e. The summed E-state index contributed by atoms with van der Waals surface area (Å²) in [6.45, 7) is 1.74. The van der Waals surface area contributed by atoms with Crippen LogP contribution in [0.1, 0.15) is 16.2 Å². The van der Waals surface area contributed by atoms with Gasteiger partial charge < -0.3 is 4.52 Å². The standard InChI is InChI=1S/C17H10Cl2N4O2S2/c1-8-20-16(25-23-8)10-4-2-9(3-5-10)15(24)22-17-21-12(7-26-17)11-6-13(18)27-14(11)19/h2-7H,1H3,(H,21,22,24). The lowest BCUT2D eigenvalue weighted by Gasteiger charge is -2.02. The van der Waals surface area contributed by atoms with E-state index in [4.69, 9.17) is 27.7 Å². The lowest BCUT2D eigenvalue weighted by molar-refractivity contribution is 0.102. The second-order valence-electron chi connectivity index (χ2n) is 5.45. The summed E-state index contributed by atoms with van der Waals surface area (Å²) in [5.74, 6) is 0.701. The number of anilines is 1. The fourth-order valence-corrected chi connectivity index (χ4v) is 4.50. The molecule has 0 aliphatic rings. The SMILES string of the molecule is Cc1noc(-c2ccc(C(=O)Nc3nc(-c4cc(Cl)sc4Cl)cs3)cc2)n1. The Morgan fingerprint density at radius 3 is 2.59 bits per heavy atom. The Labute approximate surface area is 171 Å². The molecule has 136 valence electrons. The predicted molar refractivity (Wildman–Crippen MR) is 108 cm³/mol. The van der Waals surface area contributed by atoms with Crippen LogP contribution >= 0.6 is 45.9 Å². The van der Waals surface area contributed by atoms with Crippen LogP contribution in [0.5, 0.6) is 0 Å². The normalized spacial score (nSPS) is 10.9. The van der Waals surface area contributed by atoms with E-state index >= 15 is 0 Å². The van der Waals surface area contributed by atoms with Crippen molar-refractivity contribution in [3.8, 4) is 22.7 Å². The number of aromatic nitrogens is 3. The van der Waals surface area contributed by atoms with Crippen LogP contribution in [0.4, 0.5) is 5.13 Å². The van der Waals surface area contributed by atoms with Crippen molar-refractivity contribution in [2.75, 3.05) is 5.32 Å². The molecule has 27 heavy (non-hydrogen) atoms. The lowest BCUT2D eigenvalue weighted by atomic mass is 10.1. The number of aryl methyl sites for hydroxylation is 1. The summed E-state index contributed by atoms with van der Waals surface area (Å²) < 4.78 is 6.27. The van der Waals surface area contributed by atoms with E-state index in [0.717, 1.165) is 11.1 Å². The molecular formula is C17H10Cl2N4O2S2. The number of nitrogens with zero attached hydrogens (tertiary/aromatic N) is 3. The first-order valence-electron chi connectivity index (χ1n) is 7.62. The molecule has 10 heteroatoms. The van der Waals surface area contributed by atoms with Gasteiger partial charge in [0, 0.05) is 22.1 Å². The summed E-state index contributed by atoms with van der Waals surface area (Å²) in [7, 11) is 0. The van der Waals surface area contributed by atoms with E-state index in [9.17, 15) is 4.79 Å². The van der Waals surface area contributed by atoms with Gasteiger partial charge in [0.15, 0.2) is 11.0 Å². The zero-order valence-electron chi connectivity index (χ0n) is 13.7. The third kappa shape index (κ3) is 3.89. The van der Waals surface area contributed by atoms with Crippen molar-refractivity contribution in [3.63, 3.8) is 0 Å². The highest BCUT2D eigenvalue weighted by Gasteiger charge is 2.14. The zero-order valence-corrected chi connectivity index (χ0v) is 16.8. The number of amides is 1. The number of rotatable bonds is 4. The van der Waals surface area contributed by atoms with Crippen molar-refractivity contribution in [1.29, 1.82) is 0 Å². The molecule has 0 spiro atoms. The second-order valence-corrected chi connectivity index (χ2v) is 8.60. The molecule has 0 aliphatic heterocycles. The van der Waals surface area contributed by atoms with Gasteiger partial charge in [-0.25, -0.2) is 4.98 Å². The van der Waals surface area contributed by atoms with Crippen LogP contribution in [0, 0.1) is 6.92 Å². The molecule has 3 heterocycles. The highest BCUT2D eigenvalue weighted by atomic mass is 35.5. The van der Waals surface area contributed by atoms with Gasteiger partial charge in [0.2, 0.25) is 0 Å². The minimum atomic E-state index is -0.265. The van der Waals surface area contributed by atoms with Gasteiger partial charge in [-0.2, -0.15) is 4.98 Å². The molecule has 0 aliphatic carbocycles. The molecule has 6 nitrogen and oxygen atoms in total. The number of carbonyl (C=O) groups excluding carboxylic acids is 1. The molecule has 4 rings (SSSR count). The lowest BCUT2D eigenvalue weighted by Crippen LogP contribution is -2.11. The average molecular weight is 437 g/mol. The van der Waals surface area contributed by atoms with Crippen LogP contribution < -0.4 is 5.32 Å². The highest BCUT2D eigenvalue weighted by molar-refractivity contribution is 7.20. The van der Waals surface area contributed by atoms with Gasteiger partial charge >= 0.3 is 0 Å². The molecular weight excluding hydrogens is 427 g/mol. The molecule has 4 aromatic rings. The number of nitrogens with one attached hydrogen (secondary N) is 1. The van der Waals surface area contributed by atoms with Gasteiger partial charge in [-0.15, -0.1) is 22.7 Å². The molecule has 1 N–H and O–H groups in total. The van der Waals surface area contributed by atoms with Crippen LogP contribution in [-0.2, 0) is 0 Å². The van der Waals surface area contributed by atoms with E-state index in [-0.39, 0.29) is 5.91 Å². The quantitative estimate of drug-likeness (QED) is 0.437. The first-order chi connectivity index (χ1) is 13.0. The number of carbonyl (C=O) groups is 1. The van der Waals surface area contributed by atoms with E-state index < -0.39 is 0 Å². The molecule has 3 aromatic heterocycles. The number of halogens is 2. The largest absolute Gasteiger partial charge is 0.334 e. The van der Waals surface area contributed by atoms with E-state index in [1.807, 2.05) is 5.38 Å². The number of hydrogen-bond donors (Lipinski definition) is 1. The predicted octanol–water partition coefficient (Wildman–Crippen LogP) is 5.79. The Morgan fingerprint density at radius 1 is 1.19 bits per heavy atom. The topological polar surface area (TPSA) is 80.9 Å². The van der Waals surface area contributed by atoms with Crippen molar-refractivity contribution < 1.29 is 9.32 Å². The van der Waals surface area contributed by atoms with Crippen molar-refractivity contribution in [1.82, 2.24) is 15.1 Å². The van der Waals surface area contributed by atoms with Crippen molar-refractivity contribution in [2.45, 2.75) is 6.92 Å². The maximum Gasteiger partial charge on any atom is 0.257 e. The van der Waals surface area contributed by atoms with Gasteiger partial charge in [0.1, 0.15) is 4.34 Å². The van der Waals surface area contributed by atoms with Gasteiger partial charge in [0.25, 0.3) is 11.8 Å². The highest BCUT2D eigenvalue weighted by Crippen LogP contribution is 2.39. The maximum atomic E-state index is 12.4. The monoisotopic (exact) mass is 436 g/mol. The average Bonchev–Trinajstić information content (AvgIpc) is 3.35. The number of thiazole rings is 1. The molecule has 0 fully saturated rings. The molecule has 1 aromatic carbocycles. The number of benzene rings is 1. The van der Waals surface area contributed by atoms with Crippen LogP contribution in [-0.4, -0.2) is 21.0 Å². The Hall–Kier alpha value is -2.26. The number of thiophene rings is 1. The van der Waals surface area contributed by atoms with Crippen LogP contribution in [0.15, 0.2) is 40.2 Å². The Balaban J connectivity index is 1.48. The van der Waals surface area contributed by atoms with E-state index in [0.29, 0.717) is 36.8 Å². The Bertz CT molecular complexity index is 1120. The van der Waals surface area contributed by atoms with E-state index in [2.05, 4.69) is 20.4 Å². The summed E-state index contributed by atoms with van der Waals surface area (Å²) in [5, 5.41) is 8.83. The van der Waals surface area contributed by atoms with Crippen molar-refractivity contribution >= 4 is 56.9 Å². The van der Waals surface area contributed by atoms with Gasteiger partial charge in [-0.1, -0.05) is 28.4 Å². The fraction of sp³-hybridized carbons (Fsp3) is 0.0588. The summed E-state index contributed by atoms with van der Waals surface area (Å²) in [6, 6.07) is 8.64. The summed E-state index contributed by atoms with van der Waals surface area (Å²) >= 11 is 14.7. The van der Waals surface area contributed by atoms with Gasteiger partial charge in [0.05, 0.1) is 10.0 Å². The molecule has 1 amide bonds. The molecule has 0 saturated carbocycles. The fourth-order valence-electron chi connectivity index (χ4n) is 2.32. The molecule has 0 atom stereocenters. The first kappa shape index (κ1) is 18.1. The molecule has 0 unspecified atom stereocenters. The van der Waals surface area contributed by atoms with Crippen LogP contribution in [0.25, 0.3) is 22.7 Å². The summed E-state index contributed by atoms with van der Waals surface area (Å²) in [5.41, 5.74) is 2.66. The van der Waals surface area contributed by atoms with Crippen molar-refractivity contribution in [3.05, 3.63) is 55.8 Å². The van der Waals surface area contributed by atoms with Crippen molar-refractivity contribution in [2.24, 2.45) is 0 Å². The van der Waals surface area contributed by atoms with Crippen LogP contribution in [0.3, 0.4) is 0 Å². The third-order valence-electron chi connectivity index (χ3n) is 3.58. The zero-order chi connectivity index (χ0) is 19.0. The Kier molecular flexibility index (Phi) is 4.96. The van der Waals surface area contributed by atoms with E-state index in [1.165, 1.54) is 22.7 Å². The maximum absolute atomic E-state index is 12.4. The molecule has 0 radical (unpaired) electrons. The minimum Gasteiger partial charge on any atom is -0.334 e. The van der Waals surface area contributed by atoms with Gasteiger partial charge in [-0.3, -0.25) is 10.1 Å². The van der Waals surface area contributed by atoms with Gasteiger partial charge in [-0.05, 0) is 37.3 Å². The van der Waals surface area contributed by atoms with E-state index in [1.54, 1.807) is 37.3 Å². The summed E-state index contributed by atoms with van der Waals surface area (Å²) in [6.07, 6.45) is 0. The second kappa shape index (κ2) is 7.40. The first-order valence-corrected chi connectivity index (χ1v) is 10.1.